The molecule has 0 saturated carbocycles. The number of hydrogen-bond acceptors (Lipinski definition) is 3. The number of rotatable bonds is 6. The van der Waals surface area contributed by atoms with Crippen LogP contribution in [0.15, 0.2) is 23.2 Å². The van der Waals surface area contributed by atoms with E-state index in [-0.39, 0.29) is 23.8 Å². The number of aliphatic imine (C=N–C) groups is 1. The first-order valence-electron chi connectivity index (χ1n) is 9.31. The fraction of sp³-hybridized carbons (Fsp3) is 0.526. The number of hydrogen-bond donors (Lipinski definition) is 3. The standard InChI is InChI=1S/C19H27Cl2N5O2/c1-12(2)18(28)26-9-6-14(11-26)25-19(22-3)24-8-7-23-17(27)13-4-5-15(20)16(21)10-13/h4-5,10,12,14H,6-9,11H2,1-3H3,(H,23,27)(H2,22,24,25). The van der Waals surface area contributed by atoms with Crippen molar-refractivity contribution in [2.45, 2.75) is 26.3 Å². The number of nitrogens with zero attached hydrogens (tertiary/aromatic N) is 2. The number of halogens is 2. The lowest BCUT2D eigenvalue weighted by Gasteiger charge is -2.20. The lowest BCUT2D eigenvalue weighted by Crippen LogP contribution is -2.47. The first kappa shape index (κ1) is 22.3. The molecule has 1 atom stereocenters. The smallest absolute Gasteiger partial charge is 0.251 e. The number of carbonyl (C=O) groups excluding carboxylic acids is 2. The maximum Gasteiger partial charge on any atom is 0.251 e. The van der Waals surface area contributed by atoms with Crippen LogP contribution in [0.1, 0.15) is 30.6 Å². The molecule has 0 aromatic heterocycles. The third kappa shape index (κ3) is 6.27. The summed E-state index contributed by atoms with van der Waals surface area (Å²) in [5.41, 5.74) is 0.456. The van der Waals surface area contributed by atoms with Gasteiger partial charge in [0.2, 0.25) is 5.91 Å². The van der Waals surface area contributed by atoms with E-state index in [1.807, 2.05) is 18.7 Å². The molecule has 0 spiro atoms. The van der Waals surface area contributed by atoms with Gasteiger partial charge in [-0.2, -0.15) is 0 Å². The van der Waals surface area contributed by atoms with Gasteiger partial charge < -0.3 is 20.9 Å². The highest BCUT2D eigenvalue weighted by molar-refractivity contribution is 6.42. The Morgan fingerprint density at radius 2 is 1.93 bits per heavy atom. The molecule has 3 N–H and O–H groups in total. The largest absolute Gasteiger partial charge is 0.355 e. The Morgan fingerprint density at radius 1 is 1.21 bits per heavy atom. The van der Waals surface area contributed by atoms with E-state index in [0.717, 1.165) is 13.0 Å². The fourth-order valence-electron chi connectivity index (χ4n) is 2.93. The Kier molecular flexibility index (Phi) is 8.38. The normalized spacial score (nSPS) is 17.0. The second kappa shape index (κ2) is 10.5. The molecule has 9 heteroatoms. The van der Waals surface area contributed by atoms with Crippen LogP contribution in [0.3, 0.4) is 0 Å². The van der Waals surface area contributed by atoms with E-state index in [9.17, 15) is 9.59 Å². The second-order valence-electron chi connectivity index (χ2n) is 6.95. The highest BCUT2D eigenvalue weighted by atomic mass is 35.5. The first-order chi connectivity index (χ1) is 13.3. The number of likely N-dealkylation sites (tertiary alicyclic amines) is 1. The summed E-state index contributed by atoms with van der Waals surface area (Å²) in [5, 5.41) is 10.1. The van der Waals surface area contributed by atoms with Crippen LogP contribution in [0.2, 0.25) is 10.0 Å². The van der Waals surface area contributed by atoms with E-state index in [4.69, 9.17) is 23.2 Å². The van der Waals surface area contributed by atoms with Gasteiger partial charge in [0.1, 0.15) is 0 Å². The molecule has 1 aromatic rings. The van der Waals surface area contributed by atoms with E-state index in [0.29, 0.717) is 41.2 Å². The van der Waals surface area contributed by atoms with Gasteiger partial charge in [0.15, 0.2) is 5.96 Å². The van der Waals surface area contributed by atoms with Gasteiger partial charge in [0, 0.05) is 50.7 Å². The Hall–Kier alpha value is -1.99. The van der Waals surface area contributed by atoms with Crippen molar-refractivity contribution in [1.82, 2.24) is 20.9 Å². The molecular weight excluding hydrogens is 401 g/mol. The van der Waals surface area contributed by atoms with Crippen LogP contribution < -0.4 is 16.0 Å². The van der Waals surface area contributed by atoms with Gasteiger partial charge in [-0.1, -0.05) is 37.0 Å². The highest BCUT2D eigenvalue weighted by Crippen LogP contribution is 2.22. The van der Waals surface area contributed by atoms with E-state index in [1.54, 1.807) is 19.2 Å². The lowest BCUT2D eigenvalue weighted by atomic mass is 10.2. The van der Waals surface area contributed by atoms with E-state index in [1.165, 1.54) is 6.07 Å². The molecule has 1 fully saturated rings. The Morgan fingerprint density at radius 3 is 2.57 bits per heavy atom. The molecule has 2 rings (SSSR count). The summed E-state index contributed by atoms with van der Waals surface area (Å²) in [7, 11) is 1.69. The van der Waals surface area contributed by atoms with Crippen LogP contribution in [0, 0.1) is 5.92 Å². The Bertz CT molecular complexity index is 739. The molecule has 1 saturated heterocycles. The monoisotopic (exact) mass is 427 g/mol. The van der Waals surface area contributed by atoms with Crippen molar-refractivity contribution < 1.29 is 9.59 Å². The summed E-state index contributed by atoms with van der Waals surface area (Å²) < 4.78 is 0. The topological polar surface area (TPSA) is 85.8 Å². The molecule has 28 heavy (non-hydrogen) atoms. The molecular formula is C19H27Cl2N5O2. The third-order valence-corrected chi connectivity index (χ3v) is 5.18. The Balaban J connectivity index is 1.72. The predicted molar refractivity (Wildman–Crippen MR) is 113 cm³/mol. The number of nitrogens with one attached hydrogen (secondary N) is 3. The van der Waals surface area contributed by atoms with E-state index >= 15 is 0 Å². The summed E-state index contributed by atoms with van der Waals surface area (Å²) >= 11 is 11.8. The van der Waals surface area contributed by atoms with Crippen LogP contribution >= 0.6 is 23.2 Å². The molecule has 1 aliphatic rings. The zero-order valence-corrected chi connectivity index (χ0v) is 17.9. The van der Waals surface area contributed by atoms with Gasteiger partial charge in [-0.15, -0.1) is 0 Å². The summed E-state index contributed by atoms with van der Waals surface area (Å²) in [6, 6.07) is 4.93. The van der Waals surface area contributed by atoms with Gasteiger partial charge in [-0.3, -0.25) is 14.6 Å². The second-order valence-corrected chi connectivity index (χ2v) is 7.77. The minimum absolute atomic E-state index is 0.00956. The van der Waals surface area contributed by atoms with Crippen molar-refractivity contribution in [3.8, 4) is 0 Å². The summed E-state index contributed by atoms with van der Waals surface area (Å²) in [6.07, 6.45) is 0.882. The summed E-state index contributed by atoms with van der Waals surface area (Å²) in [6.45, 7) is 6.18. The number of amides is 2. The minimum atomic E-state index is -0.220. The van der Waals surface area contributed by atoms with Gasteiger partial charge in [0.25, 0.3) is 5.91 Å². The van der Waals surface area contributed by atoms with Gasteiger partial charge >= 0.3 is 0 Å². The first-order valence-corrected chi connectivity index (χ1v) is 10.1. The number of carbonyl (C=O) groups is 2. The van der Waals surface area contributed by atoms with Crippen molar-refractivity contribution in [2.24, 2.45) is 10.9 Å². The average Bonchev–Trinajstić information content (AvgIpc) is 3.13. The lowest BCUT2D eigenvalue weighted by molar-refractivity contribution is -0.133. The van der Waals surface area contributed by atoms with Crippen molar-refractivity contribution in [3.63, 3.8) is 0 Å². The molecule has 154 valence electrons. The molecule has 1 aromatic carbocycles. The molecule has 2 amide bonds. The maximum absolute atomic E-state index is 12.1. The molecule has 1 heterocycles. The highest BCUT2D eigenvalue weighted by Gasteiger charge is 2.27. The van der Waals surface area contributed by atoms with Crippen LogP contribution in [0.5, 0.6) is 0 Å². The average molecular weight is 428 g/mol. The molecule has 0 radical (unpaired) electrons. The molecule has 7 nitrogen and oxygen atoms in total. The van der Waals surface area contributed by atoms with Crippen molar-refractivity contribution in [1.29, 1.82) is 0 Å². The summed E-state index contributed by atoms with van der Waals surface area (Å²) in [4.78, 5) is 30.3. The fourth-order valence-corrected chi connectivity index (χ4v) is 3.23. The quantitative estimate of drug-likeness (QED) is 0.368. The Labute approximate surface area is 175 Å². The van der Waals surface area contributed by atoms with Gasteiger partial charge in [-0.05, 0) is 24.6 Å². The SMILES string of the molecule is CN=C(NCCNC(=O)c1ccc(Cl)c(Cl)c1)NC1CCN(C(=O)C(C)C)C1. The van der Waals surface area contributed by atoms with E-state index < -0.39 is 0 Å². The number of guanidine groups is 1. The van der Waals surface area contributed by atoms with Crippen molar-refractivity contribution >= 4 is 41.0 Å². The number of benzene rings is 1. The van der Waals surface area contributed by atoms with Crippen molar-refractivity contribution in [3.05, 3.63) is 33.8 Å². The van der Waals surface area contributed by atoms with E-state index in [2.05, 4.69) is 20.9 Å². The van der Waals surface area contributed by atoms with Gasteiger partial charge in [0.05, 0.1) is 10.0 Å². The van der Waals surface area contributed by atoms with Crippen LogP contribution in [0.4, 0.5) is 0 Å². The molecule has 0 aliphatic carbocycles. The molecule has 1 aliphatic heterocycles. The van der Waals surface area contributed by atoms with Crippen LogP contribution in [0.25, 0.3) is 0 Å². The third-order valence-electron chi connectivity index (χ3n) is 4.44. The zero-order chi connectivity index (χ0) is 20.7. The zero-order valence-electron chi connectivity index (χ0n) is 16.4. The van der Waals surface area contributed by atoms with Crippen LogP contribution in [-0.4, -0.2) is 61.9 Å². The van der Waals surface area contributed by atoms with Crippen LogP contribution in [-0.2, 0) is 4.79 Å². The van der Waals surface area contributed by atoms with Crippen molar-refractivity contribution in [2.75, 3.05) is 33.2 Å². The maximum atomic E-state index is 12.1. The summed E-state index contributed by atoms with van der Waals surface area (Å²) in [5.74, 6) is 0.613. The van der Waals surface area contributed by atoms with Gasteiger partial charge in [-0.25, -0.2) is 0 Å². The molecule has 1 unspecified atom stereocenters. The predicted octanol–water partition coefficient (Wildman–Crippen LogP) is 2.15. The minimum Gasteiger partial charge on any atom is -0.355 e. The molecule has 0 bridgehead atoms.